The average molecular weight is 538 g/mol. The van der Waals surface area contributed by atoms with E-state index in [0.717, 1.165) is 44.7 Å². The van der Waals surface area contributed by atoms with Crippen molar-refractivity contribution in [1.82, 2.24) is 25.3 Å². The number of aryl methyl sites for hydroxylation is 1. The highest BCUT2D eigenvalue weighted by molar-refractivity contribution is 14.0. The van der Waals surface area contributed by atoms with Gasteiger partial charge in [-0.25, -0.2) is 4.99 Å². The molecule has 0 atom stereocenters. The van der Waals surface area contributed by atoms with Gasteiger partial charge in [-0.05, 0) is 18.6 Å². The van der Waals surface area contributed by atoms with Gasteiger partial charge in [-0.2, -0.15) is 18.2 Å². The number of rotatable bonds is 5. The number of aliphatic imine (C=N–C) groups is 1. The van der Waals surface area contributed by atoms with E-state index in [1.165, 1.54) is 12.1 Å². The van der Waals surface area contributed by atoms with Gasteiger partial charge >= 0.3 is 6.18 Å². The Morgan fingerprint density at radius 1 is 1.23 bits per heavy atom. The van der Waals surface area contributed by atoms with Crippen LogP contribution in [0.15, 0.2) is 33.8 Å². The third-order valence-corrected chi connectivity index (χ3v) is 4.61. The molecule has 1 aliphatic heterocycles. The number of hydrogen-bond acceptors (Lipinski definition) is 5. The molecule has 166 valence electrons. The molecule has 0 aliphatic carbocycles. The summed E-state index contributed by atoms with van der Waals surface area (Å²) in [7, 11) is 0. The second-order valence-electron chi connectivity index (χ2n) is 6.86. The average Bonchev–Trinajstić information content (AvgIpc) is 3.11. The Morgan fingerprint density at radius 3 is 2.57 bits per heavy atom. The highest BCUT2D eigenvalue weighted by Crippen LogP contribution is 2.29. The Morgan fingerprint density at radius 2 is 1.97 bits per heavy atom. The molecule has 7 nitrogen and oxygen atoms in total. The Hall–Kier alpha value is -1.89. The molecule has 1 aromatic heterocycles. The topological polar surface area (TPSA) is 69.8 Å². The van der Waals surface area contributed by atoms with E-state index in [0.29, 0.717) is 30.4 Å². The van der Waals surface area contributed by atoms with Crippen molar-refractivity contribution >= 4 is 29.9 Å². The highest BCUT2D eigenvalue weighted by atomic mass is 127. The SMILES string of the molecule is CCNC(=NCc1noc(C)n1)N1CCN(Cc2cccc(C(F)(F)F)c2)CC1.I. The van der Waals surface area contributed by atoms with Crippen LogP contribution >= 0.6 is 24.0 Å². The van der Waals surface area contributed by atoms with Crippen molar-refractivity contribution in [3.05, 3.63) is 47.1 Å². The van der Waals surface area contributed by atoms with E-state index in [1.54, 1.807) is 13.0 Å². The zero-order valence-electron chi connectivity index (χ0n) is 16.9. The van der Waals surface area contributed by atoms with E-state index in [2.05, 4.69) is 30.2 Å². The van der Waals surface area contributed by atoms with Crippen molar-refractivity contribution in [1.29, 1.82) is 0 Å². The zero-order valence-corrected chi connectivity index (χ0v) is 19.3. The number of aromatic nitrogens is 2. The fraction of sp³-hybridized carbons (Fsp3) is 0.526. The highest BCUT2D eigenvalue weighted by Gasteiger charge is 2.30. The first kappa shape index (κ1) is 24.4. The van der Waals surface area contributed by atoms with Crippen molar-refractivity contribution in [3.8, 4) is 0 Å². The van der Waals surface area contributed by atoms with E-state index in [1.807, 2.05) is 6.92 Å². The summed E-state index contributed by atoms with van der Waals surface area (Å²) in [5.41, 5.74) is 0.0632. The van der Waals surface area contributed by atoms with Crippen LogP contribution in [0.5, 0.6) is 0 Å². The molecule has 0 spiro atoms. The molecule has 1 N–H and O–H groups in total. The number of benzene rings is 1. The molecule has 0 amide bonds. The molecular formula is C19H26F3IN6O. The maximum absolute atomic E-state index is 12.9. The van der Waals surface area contributed by atoms with Crippen LogP contribution in [0, 0.1) is 6.92 Å². The molecule has 2 heterocycles. The lowest BCUT2D eigenvalue weighted by Crippen LogP contribution is -2.52. The minimum Gasteiger partial charge on any atom is -0.357 e. The number of nitrogens with zero attached hydrogens (tertiary/aromatic N) is 5. The molecule has 1 saturated heterocycles. The number of halogens is 4. The van der Waals surface area contributed by atoms with Gasteiger partial charge in [0.25, 0.3) is 0 Å². The largest absolute Gasteiger partial charge is 0.416 e. The quantitative estimate of drug-likeness (QED) is 0.358. The number of nitrogens with one attached hydrogen (secondary N) is 1. The van der Waals surface area contributed by atoms with E-state index >= 15 is 0 Å². The van der Waals surface area contributed by atoms with Gasteiger partial charge < -0.3 is 14.7 Å². The first-order valence-corrected chi connectivity index (χ1v) is 9.56. The molecule has 11 heteroatoms. The molecule has 1 aromatic carbocycles. The Bertz CT molecular complexity index is 834. The van der Waals surface area contributed by atoms with Crippen molar-refractivity contribution in [3.63, 3.8) is 0 Å². The summed E-state index contributed by atoms with van der Waals surface area (Å²) in [4.78, 5) is 13.0. The lowest BCUT2D eigenvalue weighted by atomic mass is 10.1. The van der Waals surface area contributed by atoms with Crippen LogP contribution in [-0.4, -0.2) is 58.6 Å². The molecule has 3 rings (SSSR count). The third-order valence-electron chi connectivity index (χ3n) is 4.61. The van der Waals surface area contributed by atoms with Gasteiger partial charge in [-0.15, -0.1) is 24.0 Å². The molecule has 30 heavy (non-hydrogen) atoms. The Kier molecular flexibility index (Phi) is 8.89. The van der Waals surface area contributed by atoms with Crippen molar-refractivity contribution in [2.45, 2.75) is 33.1 Å². The van der Waals surface area contributed by atoms with Crippen molar-refractivity contribution in [2.75, 3.05) is 32.7 Å². The second-order valence-corrected chi connectivity index (χ2v) is 6.86. The van der Waals surface area contributed by atoms with Gasteiger partial charge in [0.15, 0.2) is 11.8 Å². The molecule has 0 bridgehead atoms. The summed E-state index contributed by atoms with van der Waals surface area (Å²) < 4.78 is 43.7. The van der Waals surface area contributed by atoms with Crippen LogP contribution in [-0.2, 0) is 19.3 Å². The van der Waals surface area contributed by atoms with Gasteiger partial charge in [-0.3, -0.25) is 4.90 Å². The van der Waals surface area contributed by atoms with Crippen LogP contribution in [0.25, 0.3) is 0 Å². The second kappa shape index (κ2) is 10.9. The molecule has 1 aliphatic rings. The standard InChI is InChI=1S/C19H25F3N6O.HI/c1-3-23-18(24-12-17-25-14(2)29-26-17)28-9-7-27(8-10-28)13-15-5-4-6-16(11-15)19(20,21)22;/h4-6,11H,3,7-10,12-13H2,1-2H3,(H,23,24);1H. The van der Waals surface area contributed by atoms with Crippen LogP contribution in [0.3, 0.4) is 0 Å². The summed E-state index contributed by atoms with van der Waals surface area (Å²) in [6.07, 6.45) is -4.32. The van der Waals surface area contributed by atoms with Gasteiger partial charge in [0, 0.05) is 46.2 Å². The smallest absolute Gasteiger partial charge is 0.357 e. The molecule has 1 fully saturated rings. The first-order valence-electron chi connectivity index (χ1n) is 9.56. The fourth-order valence-electron chi connectivity index (χ4n) is 3.20. The maximum Gasteiger partial charge on any atom is 0.416 e. The molecule has 2 aromatic rings. The maximum atomic E-state index is 12.9. The van der Waals surface area contributed by atoms with E-state index in [4.69, 9.17) is 4.52 Å². The van der Waals surface area contributed by atoms with Crippen molar-refractivity contribution in [2.24, 2.45) is 4.99 Å². The van der Waals surface area contributed by atoms with Crippen LogP contribution in [0.1, 0.15) is 29.8 Å². The molecule has 0 unspecified atom stereocenters. The minimum absolute atomic E-state index is 0. The molecule has 0 radical (unpaired) electrons. The summed E-state index contributed by atoms with van der Waals surface area (Å²) in [6, 6.07) is 5.53. The molecular weight excluding hydrogens is 512 g/mol. The van der Waals surface area contributed by atoms with E-state index in [-0.39, 0.29) is 24.0 Å². The fourth-order valence-corrected chi connectivity index (χ4v) is 3.20. The van der Waals surface area contributed by atoms with Crippen LogP contribution < -0.4 is 5.32 Å². The van der Waals surface area contributed by atoms with Crippen LogP contribution in [0.4, 0.5) is 13.2 Å². The number of hydrogen-bond donors (Lipinski definition) is 1. The normalized spacial score (nSPS) is 15.8. The van der Waals surface area contributed by atoms with Gasteiger partial charge in [0.1, 0.15) is 6.54 Å². The Labute approximate surface area is 190 Å². The number of alkyl halides is 3. The van der Waals surface area contributed by atoms with E-state index in [9.17, 15) is 13.2 Å². The summed E-state index contributed by atoms with van der Waals surface area (Å²) in [5.74, 6) is 1.80. The lowest BCUT2D eigenvalue weighted by molar-refractivity contribution is -0.137. The summed E-state index contributed by atoms with van der Waals surface area (Å²) in [5, 5.41) is 7.11. The van der Waals surface area contributed by atoms with Crippen LogP contribution in [0.2, 0.25) is 0 Å². The van der Waals surface area contributed by atoms with Crippen molar-refractivity contribution < 1.29 is 17.7 Å². The Balaban J connectivity index is 0.00000320. The zero-order chi connectivity index (χ0) is 20.9. The predicted molar refractivity (Wildman–Crippen MR) is 118 cm³/mol. The summed E-state index contributed by atoms with van der Waals surface area (Å²) >= 11 is 0. The van der Waals surface area contributed by atoms with E-state index < -0.39 is 11.7 Å². The lowest BCUT2D eigenvalue weighted by Gasteiger charge is -2.36. The number of piperazine rings is 1. The number of guanidine groups is 1. The van der Waals surface area contributed by atoms with Gasteiger partial charge in [0.05, 0.1) is 5.56 Å². The minimum atomic E-state index is -4.32. The first-order chi connectivity index (χ1) is 13.8. The monoisotopic (exact) mass is 538 g/mol. The van der Waals surface area contributed by atoms with Gasteiger partial charge in [-0.1, -0.05) is 23.4 Å². The predicted octanol–water partition coefficient (Wildman–Crippen LogP) is 3.30. The van der Waals surface area contributed by atoms with Gasteiger partial charge in [0.2, 0.25) is 5.89 Å². The molecule has 0 saturated carbocycles. The summed E-state index contributed by atoms with van der Waals surface area (Å²) in [6.45, 7) is 8.22. The third kappa shape index (κ3) is 6.83.